The van der Waals surface area contributed by atoms with Gasteiger partial charge in [0.05, 0.1) is 19.9 Å². The number of hydrogen-bond donors (Lipinski definition) is 1. The van der Waals surface area contributed by atoms with Gasteiger partial charge in [-0.2, -0.15) is 0 Å². The SMILES string of the molecule is COC(=O)C(CCN(C)c1ccccc1OC)NC(C)C. The first-order valence-corrected chi connectivity index (χ1v) is 7.17. The summed E-state index contributed by atoms with van der Waals surface area (Å²) in [5.74, 6) is 0.601. The van der Waals surface area contributed by atoms with Crippen molar-refractivity contribution in [2.75, 3.05) is 32.7 Å². The van der Waals surface area contributed by atoms with E-state index in [2.05, 4.69) is 10.2 Å². The Bertz CT molecular complexity index is 449. The molecule has 0 aromatic heterocycles. The van der Waals surface area contributed by atoms with Crippen LogP contribution in [0.5, 0.6) is 5.75 Å². The van der Waals surface area contributed by atoms with E-state index in [1.807, 2.05) is 45.2 Å². The largest absolute Gasteiger partial charge is 0.495 e. The highest BCUT2D eigenvalue weighted by atomic mass is 16.5. The first-order valence-electron chi connectivity index (χ1n) is 7.17. The molecule has 0 aliphatic rings. The number of carbonyl (C=O) groups excluding carboxylic acids is 1. The third-order valence-corrected chi connectivity index (χ3v) is 3.27. The van der Waals surface area contributed by atoms with Crippen molar-refractivity contribution in [3.8, 4) is 5.75 Å². The first-order chi connectivity index (χ1) is 9.99. The second-order valence-electron chi connectivity index (χ2n) is 5.28. The van der Waals surface area contributed by atoms with Gasteiger partial charge in [0, 0.05) is 19.6 Å². The van der Waals surface area contributed by atoms with Gasteiger partial charge in [0.25, 0.3) is 0 Å². The molecule has 1 N–H and O–H groups in total. The zero-order chi connectivity index (χ0) is 15.8. The van der Waals surface area contributed by atoms with Gasteiger partial charge >= 0.3 is 5.97 Å². The molecule has 1 rings (SSSR count). The van der Waals surface area contributed by atoms with Crippen LogP contribution in [0.3, 0.4) is 0 Å². The van der Waals surface area contributed by atoms with Gasteiger partial charge in [0.15, 0.2) is 0 Å². The van der Waals surface area contributed by atoms with Crippen LogP contribution in [0, 0.1) is 0 Å². The average molecular weight is 294 g/mol. The predicted octanol–water partition coefficient (Wildman–Crippen LogP) is 2.06. The summed E-state index contributed by atoms with van der Waals surface area (Å²) in [6.07, 6.45) is 0.666. The van der Waals surface area contributed by atoms with Gasteiger partial charge in [-0.15, -0.1) is 0 Å². The maximum atomic E-state index is 11.8. The molecule has 1 aromatic rings. The minimum absolute atomic E-state index is 0.225. The Morgan fingerprint density at radius 3 is 2.52 bits per heavy atom. The van der Waals surface area contributed by atoms with Crippen molar-refractivity contribution in [1.29, 1.82) is 0 Å². The number of methoxy groups -OCH3 is 2. The van der Waals surface area contributed by atoms with Crippen LogP contribution in [0.1, 0.15) is 20.3 Å². The molecule has 0 saturated carbocycles. The lowest BCUT2D eigenvalue weighted by atomic mass is 10.1. The molecule has 21 heavy (non-hydrogen) atoms. The number of anilines is 1. The minimum atomic E-state index is -0.299. The van der Waals surface area contributed by atoms with Gasteiger partial charge in [-0.25, -0.2) is 0 Å². The number of ether oxygens (including phenoxy) is 2. The van der Waals surface area contributed by atoms with E-state index in [1.54, 1.807) is 7.11 Å². The van der Waals surface area contributed by atoms with E-state index in [1.165, 1.54) is 7.11 Å². The van der Waals surface area contributed by atoms with Crippen molar-refractivity contribution in [3.05, 3.63) is 24.3 Å². The van der Waals surface area contributed by atoms with Crippen molar-refractivity contribution in [2.24, 2.45) is 0 Å². The predicted molar refractivity (Wildman–Crippen MR) is 85.0 cm³/mol. The van der Waals surface area contributed by atoms with Crippen LogP contribution in [0.2, 0.25) is 0 Å². The first kappa shape index (κ1) is 17.3. The van der Waals surface area contributed by atoms with Gasteiger partial charge in [0.2, 0.25) is 0 Å². The number of esters is 1. The molecular weight excluding hydrogens is 268 g/mol. The fourth-order valence-electron chi connectivity index (χ4n) is 2.20. The third-order valence-electron chi connectivity index (χ3n) is 3.27. The van der Waals surface area contributed by atoms with E-state index >= 15 is 0 Å². The van der Waals surface area contributed by atoms with Gasteiger partial charge in [0.1, 0.15) is 11.8 Å². The highest BCUT2D eigenvalue weighted by Gasteiger charge is 2.20. The molecule has 0 saturated heterocycles. The number of para-hydroxylation sites is 2. The molecule has 0 radical (unpaired) electrons. The average Bonchev–Trinajstić information content (AvgIpc) is 2.49. The topological polar surface area (TPSA) is 50.8 Å². The van der Waals surface area contributed by atoms with E-state index in [0.29, 0.717) is 6.42 Å². The summed E-state index contributed by atoms with van der Waals surface area (Å²) in [6.45, 7) is 4.75. The second kappa shape index (κ2) is 8.52. The van der Waals surface area contributed by atoms with Gasteiger partial charge in [-0.1, -0.05) is 26.0 Å². The molecular formula is C16H26N2O3. The Morgan fingerprint density at radius 1 is 1.29 bits per heavy atom. The summed E-state index contributed by atoms with van der Waals surface area (Å²) in [7, 11) is 5.06. The number of hydrogen-bond acceptors (Lipinski definition) is 5. The number of benzene rings is 1. The molecule has 0 aliphatic heterocycles. The smallest absolute Gasteiger partial charge is 0.322 e. The van der Waals surface area contributed by atoms with Crippen LogP contribution in [0.25, 0.3) is 0 Å². The maximum absolute atomic E-state index is 11.8. The van der Waals surface area contributed by atoms with Gasteiger partial charge in [-0.05, 0) is 18.6 Å². The lowest BCUT2D eigenvalue weighted by Crippen LogP contribution is -2.43. The number of carbonyl (C=O) groups is 1. The Balaban J connectivity index is 2.68. The molecule has 0 heterocycles. The number of nitrogens with zero attached hydrogens (tertiary/aromatic N) is 1. The summed E-state index contributed by atoms with van der Waals surface area (Å²) >= 11 is 0. The summed E-state index contributed by atoms with van der Waals surface area (Å²) in [5.41, 5.74) is 1.01. The van der Waals surface area contributed by atoms with Crippen LogP contribution >= 0.6 is 0 Å². The molecule has 118 valence electrons. The second-order valence-corrected chi connectivity index (χ2v) is 5.28. The van der Waals surface area contributed by atoms with Crippen LogP contribution in [0.15, 0.2) is 24.3 Å². The Labute approximate surface area is 127 Å². The van der Waals surface area contributed by atoms with E-state index in [-0.39, 0.29) is 18.1 Å². The van der Waals surface area contributed by atoms with E-state index < -0.39 is 0 Å². The lowest BCUT2D eigenvalue weighted by molar-refractivity contribution is -0.143. The molecule has 0 aliphatic carbocycles. The molecule has 5 nitrogen and oxygen atoms in total. The van der Waals surface area contributed by atoms with Crippen LogP contribution in [-0.2, 0) is 9.53 Å². The Morgan fingerprint density at radius 2 is 1.95 bits per heavy atom. The van der Waals surface area contributed by atoms with Crippen molar-refractivity contribution < 1.29 is 14.3 Å². The van der Waals surface area contributed by atoms with E-state index in [4.69, 9.17) is 9.47 Å². The molecule has 0 fully saturated rings. The van der Waals surface area contributed by atoms with E-state index in [9.17, 15) is 4.79 Å². The summed E-state index contributed by atoms with van der Waals surface area (Å²) in [6, 6.07) is 7.77. The summed E-state index contributed by atoms with van der Waals surface area (Å²) < 4.78 is 10.2. The molecule has 1 atom stereocenters. The number of rotatable bonds is 8. The Hall–Kier alpha value is -1.75. The van der Waals surface area contributed by atoms with Gasteiger partial charge in [-0.3, -0.25) is 4.79 Å². The van der Waals surface area contributed by atoms with Crippen molar-refractivity contribution in [3.63, 3.8) is 0 Å². The van der Waals surface area contributed by atoms with Crippen LogP contribution in [-0.4, -0.2) is 45.9 Å². The van der Waals surface area contributed by atoms with Crippen LogP contribution in [0.4, 0.5) is 5.69 Å². The number of nitrogens with one attached hydrogen (secondary N) is 1. The van der Waals surface area contributed by atoms with Gasteiger partial charge < -0.3 is 19.7 Å². The molecule has 0 amide bonds. The third kappa shape index (κ3) is 5.27. The maximum Gasteiger partial charge on any atom is 0.322 e. The highest BCUT2D eigenvalue weighted by molar-refractivity contribution is 5.75. The van der Waals surface area contributed by atoms with Crippen molar-refractivity contribution in [2.45, 2.75) is 32.4 Å². The highest BCUT2D eigenvalue weighted by Crippen LogP contribution is 2.26. The zero-order valence-electron chi connectivity index (χ0n) is 13.6. The fraction of sp³-hybridized carbons (Fsp3) is 0.562. The Kier molecular flexibility index (Phi) is 7.02. The van der Waals surface area contributed by atoms with Crippen LogP contribution < -0.4 is 15.0 Å². The zero-order valence-corrected chi connectivity index (χ0v) is 13.6. The molecule has 0 spiro atoms. The molecule has 0 bridgehead atoms. The summed E-state index contributed by atoms with van der Waals surface area (Å²) in [4.78, 5) is 13.9. The molecule has 1 aromatic carbocycles. The standard InChI is InChI=1S/C16H26N2O3/c1-12(2)17-13(16(19)21-5)10-11-18(3)14-8-6-7-9-15(14)20-4/h6-9,12-13,17H,10-11H2,1-5H3. The molecule has 1 unspecified atom stereocenters. The fourth-order valence-corrected chi connectivity index (χ4v) is 2.20. The minimum Gasteiger partial charge on any atom is -0.495 e. The normalized spacial score (nSPS) is 12.1. The lowest BCUT2D eigenvalue weighted by Gasteiger charge is -2.25. The quantitative estimate of drug-likeness (QED) is 0.744. The van der Waals surface area contributed by atoms with Crippen molar-refractivity contribution in [1.82, 2.24) is 5.32 Å². The monoisotopic (exact) mass is 294 g/mol. The van der Waals surface area contributed by atoms with E-state index in [0.717, 1.165) is 18.0 Å². The van der Waals surface area contributed by atoms with Crippen molar-refractivity contribution >= 4 is 11.7 Å². The summed E-state index contributed by atoms with van der Waals surface area (Å²) in [5, 5.41) is 3.23. The molecule has 5 heteroatoms.